The first kappa shape index (κ1) is 5.72. The number of Topliss-reactive ketones (excluding diaryl/α,β-unsaturated/α-hetero) is 1. The fourth-order valence-corrected chi connectivity index (χ4v) is 0.793. The molecule has 0 atom stereocenters. The molecule has 46 valence electrons. The maximum atomic E-state index is 10.5. The number of rotatable bonds is 1. The van der Waals surface area contributed by atoms with Crippen molar-refractivity contribution in [3.8, 4) is 0 Å². The predicted octanol–water partition coefficient (Wildman–Crippen LogP) is -0.906. The summed E-state index contributed by atoms with van der Waals surface area (Å²) in [5.74, 6) is 0.169. The summed E-state index contributed by atoms with van der Waals surface area (Å²) in [6, 6.07) is 0. The van der Waals surface area contributed by atoms with Crippen LogP contribution in [0.3, 0.4) is 0 Å². The quantitative estimate of drug-likeness (QED) is 0.464. The lowest BCUT2D eigenvalue weighted by Gasteiger charge is -2.02. The second-order valence-electron chi connectivity index (χ2n) is 1.95. The molecule has 3 nitrogen and oxygen atoms in total. The molecule has 0 spiro atoms. The first-order valence-electron chi connectivity index (χ1n) is 2.78. The van der Waals surface area contributed by atoms with Crippen LogP contribution in [0.4, 0.5) is 0 Å². The molecule has 0 saturated carbocycles. The molecule has 0 aromatic heterocycles. The number of nitrogens with one attached hydrogen (secondary N) is 2. The van der Waals surface area contributed by atoms with Gasteiger partial charge in [0.1, 0.15) is 6.17 Å². The first-order chi connectivity index (χ1) is 3.80. The van der Waals surface area contributed by atoms with E-state index in [0.717, 1.165) is 13.1 Å². The van der Waals surface area contributed by atoms with Crippen LogP contribution in [-0.4, -0.2) is 25.0 Å². The molecule has 1 aliphatic rings. The maximum Gasteiger partial charge on any atom is 0.161 e. The molecule has 1 rings (SSSR count). The van der Waals surface area contributed by atoms with Gasteiger partial charge < -0.3 is 0 Å². The number of ketones is 1. The Hall–Kier alpha value is -0.410. The van der Waals surface area contributed by atoms with Crippen LogP contribution in [0.5, 0.6) is 0 Å². The van der Waals surface area contributed by atoms with Gasteiger partial charge in [0.15, 0.2) is 5.78 Å². The van der Waals surface area contributed by atoms with Crippen LogP contribution in [-0.2, 0) is 4.79 Å². The Morgan fingerprint density at radius 2 is 2.00 bits per heavy atom. The normalized spacial score (nSPS) is 21.6. The van der Waals surface area contributed by atoms with Gasteiger partial charge in [0.2, 0.25) is 0 Å². The molecule has 1 heterocycles. The largest absolute Gasteiger partial charge is 0.297 e. The summed E-state index contributed by atoms with van der Waals surface area (Å²) in [6.45, 7) is 3.39. The molecular weight excluding hydrogens is 104 g/mol. The number of hydrogen-bond donors (Lipinski definition) is 2. The van der Waals surface area contributed by atoms with Gasteiger partial charge in [-0.05, 0) is 6.92 Å². The van der Waals surface area contributed by atoms with Gasteiger partial charge in [-0.25, -0.2) is 0 Å². The van der Waals surface area contributed by atoms with Gasteiger partial charge in [-0.1, -0.05) is 0 Å². The highest BCUT2D eigenvalue weighted by Gasteiger charge is 2.15. The van der Waals surface area contributed by atoms with Gasteiger partial charge in [-0.3, -0.25) is 15.4 Å². The minimum absolute atomic E-state index is 0.0741. The Morgan fingerprint density at radius 1 is 1.50 bits per heavy atom. The summed E-state index contributed by atoms with van der Waals surface area (Å²) >= 11 is 0. The second kappa shape index (κ2) is 2.24. The van der Waals surface area contributed by atoms with E-state index < -0.39 is 0 Å². The molecule has 1 aliphatic heterocycles. The van der Waals surface area contributed by atoms with E-state index in [0.29, 0.717) is 0 Å². The smallest absolute Gasteiger partial charge is 0.161 e. The molecule has 0 bridgehead atoms. The molecule has 0 amide bonds. The third-order valence-corrected chi connectivity index (χ3v) is 1.23. The van der Waals surface area contributed by atoms with Crippen molar-refractivity contribution in [2.45, 2.75) is 13.1 Å². The Kier molecular flexibility index (Phi) is 1.60. The van der Waals surface area contributed by atoms with E-state index in [9.17, 15) is 4.79 Å². The van der Waals surface area contributed by atoms with E-state index >= 15 is 0 Å². The summed E-state index contributed by atoms with van der Waals surface area (Å²) in [5.41, 5.74) is 0. The molecule has 0 aliphatic carbocycles. The molecule has 3 heteroatoms. The zero-order valence-corrected chi connectivity index (χ0v) is 4.90. The topological polar surface area (TPSA) is 41.1 Å². The fourth-order valence-electron chi connectivity index (χ4n) is 0.793. The molecule has 0 unspecified atom stereocenters. The molecule has 8 heavy (non-hydrogen) atoms. The van der Waals surface area contributed by atoms with Gasteiger partial charge in [0, 0.05) is 13.1 Å². The molecular formula is C5H10N2O. The number of carbonyl (C=O) groups excluding carboxylic acids is 1. The molecule has 2 N–H and O–H groups in total. The van der Waals surface area contributed by atoms with Crippen molar-refractivity contribution in [1.82, 2.24) is 10.6 Å². The van der Waals surface area contributed by atoms with Crippen molar-refractivity contribution in [1.29, 1.82) is 0 Å². The average molecular weight is 114 g/mol. The Balaban J connectivity index is 2.35. The van der Waals surface area contributed by atoms with Crippen molar-refractivity contribution in [2.24, 2.45) is 0 Å². The van der Waals surface area contributed by atoms with E-state index in [4.69, 9.17) is 0 Å². The molecule has 0 aromatic rings. The highest BCUT2D eigenvalue weighted by molar-refractivity contribution is 5.81. The van der Waals surface area contributed by atoms with Crippen LogP contribution in [0.2, 0.25) is 0 Å². The van der Waals surface area contributed by atoms with E-state index in [2.05, 4.69) is 10.6 Å². The number of carbonyl (C=O) groups is 1. The average Bonchev–Trinajstić information content (AvgIpc) is 2.12. The van der Waals surface area contributed by atoms with Gasteiger partial charge in [0.25, 0.3) is 0 Å². The summed E-state index contributed by atoms with van der Waals surface area (Å²) in [6.07, 6.45) is -0.0741. The van der Waals surface area contributed by atoms with Gasteiger partial charge in [-0.2, -0.15) is 0 Å². The van der Waals surface area contributed by atoms with Crippen LogP contribution < -0.4 is 10.6 Å². The maximum absolute atomic E-state index is 10.5. The van der Waals surface area contributed by atoms with E-state index in [-0.39, 0.29) is 11.9 Å². The lowest BCUT2D eigenvalue weighted by molar-refractivity contribution is -0.119. The summed E-state index contributed by atoms with van der Waals surface area (Å²) in [5, 5.41) is 5.99. The highest BCUT2D eigenvalue weighted by Crippen LogP contribution is 1.84. The molecule has 0 radical (unpaired) electrons. The summed E-state index contributed by atoms with van der Waals surface area (Å²) in [7, 11) is 0. The van der Waals surface area contributed by atoms with Crippen LogP contribution in [0.15, 0.2) is 0 Å². The van der Waals surface area contributed by atoms with Crippen molar-refractivity contribution < 1.29 is 4.79 Å². The van der Waals surface area contributed by atoms with E-state index in [1.807, 2.05) is 0 Å². The molecule has 0 aromatic carbocycles. The lowest BCUT2D eigenvalue weighted by atomic mass is 10.4. The standard InChI is InChI=1S/C5H10N2O/c1-4(8)5-6-2-3-7-5/h5-7H,2-3H2,1H3. The highest BCUT2D eigenvalue weighted by atomic mass is 16.1. The SMILES string of the molecule is CC(=O)C1NCCN1. The fraction of sp³-hybridized carbons (Fsp3) is 0.800. The van der Waals surface area contributed by atoms with Gasteiger partial charge in [0.05, 0.1) is 0 Å². The summed E-state index contributed by atoms with van der Waals surface area (Å²) in [4.78, 5) is 10.5. The van der Waals surface area contributed by atoms with Crippen molar-refractivity contribution in [3.63, 3.8) is 0 Å². The summed E-state index contributed by atoms with van der Waals surface area (Å²) < 4.78 is 0. The minimum Gasteiger partial charge on any atom is -0.297 e. The van der Waals surface area contributed by atoms with Crippen LogP contribution >= 0.6 is 0 Å². The van der Waals surface area contributed by atoms with E-state index in [1.54, 1.807) is 6.92 Å². The first-order valence-corrected chi connectivity index (χ1v) is 2.78. The third-order valence-electron chi connectivity index (χ3n) is 1.23. The van der Waals surface area contributed by atoms with Crippen LogP contribution in [0, 0.1) is 0 Å². The zero-order chi connectivity index (χ0) is 5.98. The lowest BCUT2D eigenvalue weighted by Crippen LogP contribution is -2.37. The Labute approximate surface area is 48.5 Å². The van der Waals surface area contributed by atoms with Crippen LogP contribution in [0.1, 0.15) is 6.92 Å². The Morgan fingerprint density at radius 3 is 2.25 bits per heavy atom. The van der Waals surface area contributed by atoms with E-state index in [1.165, 1.54) is 0 Å². The Bertz CT molecular complexity index is 96.6. The number of hydrogen-bond acceptors (Lipinski definition) is 3. The minimum atomic E-state index is -0.0741. The van der Waals surface area contributed by atoms with Crippen molar-refractivity contribution in [3.05, 3.63) is 0 Å². The van der Waals surface area contributed by atoms with Gasteiger partial charge >= 0.3 is 0 Å². The third kappa shape index (κ3) is 1.05. The monoisotopic (exact) mass is 114 g/mol. The zero-order valence-electron chi connectivity index (χ0n) is 4.90. The molecule has 1 fully saturated rings. The van der Waals surface area contributed by atoms with Crippen molar-refractivity contribution in [2.75, 3.05) is 13.1 Å². The van der Waals surface area contributed by atoms with Crippen molar-refractivity contribution >= 4 is 5.78 Å². The van der Waals surface area contributed by atoms with Crippen LogP contribution in [0.25, 0.3) is 0 Å². The van der Waals surface area contributed by atoms with Gasteiger partial charge in [-0.15, -0.1) is 0 Å². The second-order valence-corrected chi connectivity index (χ2v) is 1.95. The predicted molar refractivity (Wildman–Crippen MR) is 30.5 cm³/mol. The molecule has 1 saturated heterocycles.